The molecule has 3 amide bonds. The first-order chi connectivity index (χ1) is 11.8. The van der Waals surface area contributed by atoms with Gasteiger partial charge in [-0.3, -0.25) is 4.79 Å². The first-order valence-corrected chi connectivity index (χ1v) is 9.21. The summed E-state index contributed by atoms with van der Waals surface area (Å²) in [5, 5.41) is 0. The Bertz CT molecular complexity index is 457. The Morgan fingerprint density at radius 1 is 1.04 bits per heavy atom. The lowest BCUT2D eigenvalue weighted by Gasteiger charge is -2.36. The highest BCUT2D eigenvalue weighted by molar-refractivity contribution is 5.80. The number of alkyl halides is 3. The standard InChI is InChI=1S/C17H28F3N3O2/c1-2-3-8-23(13-17(18,19)20)15(24)14-6-11-22(12-7-14)16(25)21-9-4-5-10-21/h14H,2-13H2,1H3. The van der Waals surface area contributed by atoms with Gasteiger partial charge in [-0.05, 0) is 32.1 Å². The molecule has 0 radical (unpaired) electrons. The molecule has 0 aromatic heterocycles. The largest absolute Gasteiger partial charge is 0.406 e. The minimum atomic E-state index is -4.38. The minimum absolute atomic E-state index is 0.00142. The molecule has 25 heavy (non-hydrogen) atoms. The van der Waals surface area contributed by atoms with Gasteiger partial charge in [0, 0.05) is 38.6 Å². The van der Waals surface area contributed by atoms with E-state index in [-0.39, 0.29) is 12.6 Å². The third kappa shape index (κ3) is 5.78. The predicted molar refractivity (Wildman–Crippen MR) is 88.0 cm³/mol. The number of urea groups is 1. The number of unbranched alkanes of at least 4 members (excludes halogenated alkanes) is 1. The SMILES string of the molecule is CCCCN(CC(F)(F)F)C(=O)C1CCN(C(=O)N2CCCC2)CC1. The number of halogens is 3. The highest BCUT2D eigenvalue weighted by Gasteiger charge is 2.37. The number of hydrogen-bond donors (Lipinski definition) is 0. The van der Waals surface area contributed by atoms with Crippen LogP contribution < -0.4 is 0 Å². The predicted octanol–water partition coefficient (Wildman–Crippen LogP) is 3.11. The third-order valence-electron chi connectivity index (χ3n) is 4.95. The topological polar surface area (TPSA) is 43.9 Å². The van der Waals surface area contributed by atoms with E-state index in [1.807, 2.05) is 11.8 Å². The number of hydrogen-bond acceptors (Lipinski definition) is 2. The van der Waals surface area contributed by atoms with Crippen LogP contribution in [0.4, 0.5) is 18.0 Å². The Morgan fingerprint density at radius 2 is 1.60 bits per heavy atom. The van der Waals surface area contributed by atoms with Gasteiger partial charge in [-0.25, -0.2) is 4.79 Å². The normalized spacial score (nSPS) is 19.4. The molecule has 2 rings (SSSR count). The van der Waals surface area contributed by atoms with E-state index in [0.717, 1.165) is 37.3 Å². The molecule has 2 fully saturated rings. The van der Waals surface area contributed by atoms with Crippen LogP contribution in [0.25, 0.3) is 0 Å². The second kappa shape index (κ2) is 8.76. The zero-order valence-corrected chi connectivity index (χ0v) is 14.9. The quantitative estimate of drug-likeness (QED) is 0.753. The van der Waals surface area contributed by atoms with E-state index in [2.05, 4.69) is 0 Å². The van der Waals surface area contributed by atoms with Gasteiger partial charge in [-0.2, -0.15) is 13.2 Å². The third-order valence-corrected chi connectivity index (χ3v) is 4.95. The average Bonchev–Trinajstić information content (AvgIpc) is 3.11. The van der Waals surface area contributed by atoms with Crippen molar-refractivity contribution in [1.29, 1.82) is 0 Å². The lowest BCUT2D eigenvalue weighted by atomic mass is 9.95. The van der Waals surface area contributed by atoms with Crippen LogP contribution in [0.5, 0.6) is 0 Å². The lowest BCUT2D eigenvalue weighted by molar-refractivity contribution is -0.164. The van der Waals surface area contributed by atoms with E-state index < -0.39 is 24.5 Å². The molecule has 2 heterocycles. The van der Waals surface area contributed by atoms with Crippen LogP contribution in [0.2, 0.25) is 0 Å². The fourth-order valence-corrected chi connectivity index (χ4v) is 3.52. The number of carbonyl (C=O) groups excluding carboxylic acids is 2. The smallest absolute Gasteiger partial charge is 0.333 e. The number of carbonyl (C=O) groups is 2. The zero-order chi connectivity index (χ0) is 18.4. The number of rotatable bonds is 5. The Kier molecular flexibility index (Phi) is 6.95. The van der Waals surface area contributed by atoms with Gasteiger partial charge in [0.05, 0.1) is 0 Å². The summed E-state index contributed by atoms with van der Waals surface area (Å²) in [6, 6.07) is 0.00142. The Hall–Kier alpha value is -1.47. The second-order valence-electron chi connectivity index (χ2n) is 6.97. The van der Waals surface area contributed by atoms with Gasteiger partial charge in [-0.1, -0.05) is 13.3 Å². The lowest BCUT2D eigenvalue weighted by Crippen LogP contribution is -2.49. The van der Waals surface area contributed by atoms with E-state index >= 15 is 0 Å². The monoisotopic (exact) mass is 363 g/mol. The second-order valence-corrected chi connectivity index (χ2v) is 6.97. The molecule has 5 nitrogen and oxygen atoms in total. The molecular weight excluding hydrogens is 335 g/mol. The van der Waals surface area contributed by atoms with E-state index in [1.165, 1.54) is 0 Å². The van der Waals surface area contributed by atoms with Crippen LogP contribution in [-0.4, -0.2) is 72.1 Å². The highest BCUT2D eigenvalue weighted by Crippen LogP contribution is 2.24. The first kappa shape index (κ1) is 19.8. The van der Waals surface area contributed by atoms with Gasteiger partial charge in [-0.15, -0.1) is 0 Å². The summed E-state index contributed by atoms with van der Waals surface area (Å²) in [4.78, 5) is 29.4. The summed E-state index contributed by atoms with van der Waals surface area (Å²) in [5.41, 5.74) is 0. The Balaban J connectivity index is 1.88. The van der Waals surface area contributed by atoms with Crippen LogP contribution >= 0.6 is 0 Å². The van der Waals surface area contributed by atoms with Crippen molar-refractivity contribution in [2.75, 3.05) is 39.3 Å². The summed E-state index contributed by atoms with van der Waals surface area (Å²) in [6.45, 7) is 3.28. The molecule has 2 aliphatic heterocycles. The van der Waals surface area contributed by atoms with Crippen LogP contribution in [0.15, 0.2) is 0 Å². The molecule has 0 aliphatic carbocycles. The molecular formula is C17H28F3N3O2. The van der Waals surface area contributed by atoms with Crippen molar-refractivity contribution in [2.45, 2.75) is 51.6 Å². The van der Waals surface area contributed by atoms with Crippen LogP contribution in [0, 0.1) is 5.92 Å². The molecule has 0 aromatic rings. The summed E-state index contributed by atoms with van der Waals surface area (Å²) in [7, 11) is 0. The number of likely N-dealkylation sites (tertiary alicyclic amines) is 2. The van der Waals surface area contributed by atoms with Crippen molar-refractivity contribution in [3.8, 4) is 0 Å². The Morgan fingerprint density at radius 3 is 2.12 bits per heavy atom. The van der Waals surface area contributed by atoms with Crippen LogP contribution in [0.3, 0.4) is 0 Å². The summed E-state index contributed by atoms with van der Waals surface area (Å²) in [6.07, 6.45) is -0.152. The fraction of sp³-hybridized carbons (Fsp3) is 0.882. The van der Waals surface area contributed by atoms with Crippen molar-refractivity contribution in [1.82, 2.24) is 14.7 Å². The van der Waals surface area contributed by atoms with Crippen molar-refractivity contribution in [3.05, 3.63) is 0 Å². The molecule has 2 aliphatic rings. The van der Waals surface area contributed by atoms with Gasteiger partial charge in [0.2, 0.25) is 5.91 Å². The summed E-state index contributed by atoms with van der Waals surface area (Å²) >= 11 is 0. The maximum Gasteiger partial charge on any atom is 0.406 e. The van der Waals surface area contributed by atoms with Crippen molar-refractivity contribution in [2.24, 2.45) is 5.92 Å². The van der Waals surface area contributed by atoms with Gasteiger partial charge in [0.15, 0.2) is 0 Å². The van der Waals surface area contributed by atoms with Gasteiger partial charge >= 0.3 is 12.2 Å². The maximum atomic E-state index is 12.7. The van der Waals surface area contributed by atoms with Gasteiger partial charge in [0.25, 0.3) is 0 Å². The molecule has 0 bridgehead atoms. The molecule has 0 N–H and O–H groups in total. The van der Waals surface area contributed by atoms with Crippen molar-refractivity contribution in [3.63, 3.8) is 0 Å². The van der Waals surface area contributed by atoms with Crippen molar-refractivity contribution >= 4 is 11.9 Å². The van der Waals surface area contributed by atoms with Gasteiger partial charge < -0.3 is 14.7 Å². The molecule has 8 heteroatoms. The van der Waals surface area contributed by atoms with E-state index in [1.54, 1.807) is 4.90 Å². The maximum absolute atomic E-state index is 12.7. The molecule has 0 saturated carbocycles. The minimum Gasteiger partial charge on any atom is -0.333 e. The summed E-state index contributed by atoms with van der Waals surface area (Å²) < 4.78 is 38.2. The number of amides is 3. The molecule has 2 saturated heterocycles. The molecule has 0 atom stereocenters. The summed E-state index contributed by atoms with van der Waals surface area (Å²) in [5.74, 6) is -0.833. The Labute approximate surface area is 147 Å². The molecule has 0 spiro atoms. The van der Waals surface area contributed by atoms with E-state index in [9.17, 15) is 22.8 Å². The molecule has 0 unspecified atom stereocenters. The van der Waals surface area contributed by atoms with Crippen LogP contribution in [0.1, 0.15) is 45.4 Å². The average molecular weight is 363 g/mol. The van der Waals surface area contributed by atoms with Crippen LogP contribution in [-0.2, 0) is 4.79 Å². The van der Waals surface area contributed by atoms with E-state index in [0.29, 0.717) is 32.4 Å². The molecule has 0 aromatic carbocycles. The van der Waals surface area contributed by atoms with E-state index in [4.69, 9.17) is 0 Å². The fourth-order valence-electron chi connectivity index (χ4n) is 3.52. The number of piperidine rings is 1. The highest BCUT2D eigenvalue weighted by atomic mass is 19.4. The molecule has 144 valence electrons. The van der Waals surface area contributed by atoms with Gasteiger partial charge in [0.1, 0.15) is 6.54 Å². The first-order valence-electron chi connectivity index (χ1n) is 9.21. The number of nitrogens with zero attached hydrogens (tertiary/aromatic N) is 3. The zero-order valence-electron chi connectivity index (χ0n) is 14.9. The van der Waals surface area contributed by atoms with Crippen molar-refractivity contribution < 1.29 is 22.8 Å².